The topological polar surface area (TPSA) is 179 Å². The third-order valence-corrected chi connectivity index (χ3v) is 9.40. The van der Waals surface area contributed by atoms with E-state index in [4.69, 9.17) is 16.0 Å². The summed E-state index contributed by atoms with van der Waals surface area (Å²) in [6.07, 6.45) is 0.177. The summed E-state index contributed by atoms with van der Waals surface area (Å²) in [5.41, 5.74) is 3.57. The molecular weight excluding hydrogens is 726 g/mol. The number of benzene rings is 4. The number of aliphatic carboxylic acids is 1. The fraction of sp³-hybridized carbons (Fsp3) is 0.244. The highest BCUT2D eigenvalue weighted by molar-refractivity contribution is 6.34. The van der Waals surface area contributed by atoms with Gasteiger partial charge in [-0.15, -0.1) is 0 Å². The van der Waals surface area contributed by atoms with Crippen molar-refractivity contribution < 1.29 is 38.3 Å². The summed E-state index contributed by atoms with van der Waals surface area (Å²) < 4.78 is 5.59. The number of carboxylic acids is 1. The molecule has 1 aromatic heterocycles. The molecule has 1 aliphatic rings. The summed E-state index contributed by atoms with van der Waals surface area (Å²) in [5.74, 6) is -5.06. The number of halogens is 1. The number of carboxylic acid groups (broad SMARTS) is 1. The Morgan fingerprint density at radius 1 is 0.873 bits per heavy atom. The van der Waals surface area contributed by atoms with Crippen LogP contribution in [0.5, 0.6) is 0 Å². The zero-order valence-electron chi connectivity index (χ0n) is 29.9. The lowest BCUT2D eigenvalue weighted by molar-refractivity contribution is -0.137. The molecule has 0 saturated heterocycles. The SMILES string of the molecule is Cc1cc(Cl)c2oc(C(=O)[C@H](CC(=O)O)NC(=O)CN3C(=O)[C@@H](NC(=O)CCc4ccccc4)CN(C(=O)CCc4ccccc4)c4ccccc43)nc2c1. The van der Waals surface area contributed by atoms with Crippen LogP contribution in [0.25, 0.3) is 11.1 Å². The highest BCUT2D eigenvalue weighted by Gasteiger charge is 2.38. The van der Waals surface area contributed by atoms with Gasteiger partial charge in [0.15, 0.2) is 5.58 Å². The Hall–Kier alpha value is -6.34. The monoisotopic (exact) mass is 763 g/mol. The Bertz CT molecular complexity index is 2240. The minimum Gasteiger partial charge on any atom is -0.481 e. The first-order valence-electron chi connectivity index (χ1n) is 17.7. The van der Waals surface area contributed by atoms with Crippen LogP contribution in [-0.2, 0) is 36.8 Å². The summed E-state index contributed by atoms with van der Waals surface area (Å²) >= 11 is 6.27. The minimum absolute atomic E-state index is 0.0583. The number of ketones is 1. The van der Waals surface area contributed by atoms with Gasteiger partial charge in [0, 0.05) is 12.8 Å². The van der Waals surface area contributed by atoms with Crippen molar-refractivity contribution in [3.8, 4) is 0 Å². The zero-order valence-corrected chi connectivity index (χ0v) is 30.6. The standard InChI is InChI=1S/C41H38ClN5O8/c1-25-20-28(42)39-30(21-25)45-40(55-39)38(53)29(22-37(51)52)43-35(49)24-47-33-15-9-8-14-32(33)46(36(50)19-17-27-12-6-3-7-13-27)23-31(41(47)54)44-34(48)18-16-26-10-4-2-5-11-26/h2-15,20-21,29,31H,16-19,22-24H2,1H3,(H,43,49)(H,44,48)(H,51,52)/t29-,31-/m0/s1. The van der Waals surface area contributed by atoms with E-state index in [-0.39, 0.29) is 47.1 Å². The largest absolute Gasteiger partial charge is 0.481 e. The van der Waals surface area contributed by atoms with Gasteiger partial charge in [-0.2, -0.15) is 0 Å². The number of oxazole rings is 1. The van der Waals surface area contributed by atoms with Crippen LogP contribution in [-0.4, -0.2) is 70.6 Å². The zero-order chi connectivity index (χ0) is 39.1. The number of hydrogen-bond donors (Lipinski definition) is 3. The van der Waals surface area contributed by atoms with Crippen LogP contribution < -0.4 is 20.4 Å². The number of carbonyl (C=O) groups is 6. The smallest absolute Gasteiger partial charge is 0.305 e. The third kappa shape index (κ3) is 9.43. The molecule has 0 saturated carbocycles. The average Bonchev–Trinajstić information content (AvgIpc) is 3.57. The molecule has 4 aromatic carbocycles. The van der Waals surface area contributed by atoms with Crippen molar-refractivity contribution in [2.75, 3.05) is 22.9 Å². The molecule has 55 heavy (non-hydrogen) atoms. The first-order valence-corrected chi connectivity index (χ1v) is 18.0. The van der Waals surface area contributed by atoms with Crippen molar-refractivity contribution in [3.05, 3.63) is 125 Å². The van der Waals surface area contributed by atoms with Crippen LogP contribution in [0.15, 0.2) is 101 Å². The summed E-state index contributed by atoms with van der Waals surface area (Å²) in [6.45, 7) is 0.886. The molecule has 282 valence electrons. The van der Waals surface area contributed by atoms with E-state index in [1.807, 2.05) is 60.7 Å². The number of para-hydroxylation sites is 2. The number of nitrogens with zero attached hydrogens (tertiary/aromatic N) is 3. The second-order valence-electron chi connectivity index (χ2n) is 13.2. The van der Waals surface area contributed by atoms with E-state index < -0.39 is 60.4 Å². The molecule has 4 amide bonds. The molecule has 2 atom stereocenters. The third-order valence-electron chi connectivity index (χ3n) is 9.11. The van der Waals surface area contributed by atoms with E-state index in [1.54, 1.807) is 43.3 Å². The van der Waals surface area contributed by atoms with Crippen molar-refractivity contribution >= 4 is 69.5 Å². The molecule has 0 fully saturated rings. The number of rotatable bonds is 14. The van der Waals surface area contributed by atoms with E-state index >= 15 is 0 Å². The summed E-state index contributed by atoms with van der Waals surface area (Å²) in [6, 6.07) is 25.7. The van der Waals surface area contributed by atoms with Crippen molar-refractivity contribution in [2.24, 2.45) is 0 Å². The van der Waals surface area contributed by atoms with Crippen LogP contribution in [0.4, 0.5) is 11.4 Å². The maximum absolute atomic E-state index is 14.4. The normalized spacial score (nSPS) is 14.5. The van der Waals surface area contributed by atoms with Crippen LogP contribution >= 0.6 is 11.6 Å². The van der Waals surface area contributed by atoms with Gasteiger partial charge in [0.25, 0.3) is 11.8 Å². The van der Waals surface area contributed by atoms with Gasteiger partial charge in [0.05, 0.1) is 29.4 Å². The number of nitrogens with one attached hydrogen (secondary N) is 2. The van der Waals surface area contributed by atoms with E-state index in [9.17, 15) is 33.9 Å². The fourth-order valence-corrected chi connectivity index (χ4v) is 6.75. The van der Waals surface area contributed by atoms with Gasteiger partial charge in [-0.3, -0.25) is 33.7 Å². The van der Waals surface area contributed by atoms with Gasteiger partial charge in [-0.05, 0) is 60.7 Å². The lowest BCUT2D eigenvalue weighted by atomic mass is 10.1. The molecule has 0 bridgehead atoms. The summed E-state index contributed by atoms with van der Waals surface area (Å²) in [5, 5.41) is 15.1. The van der Waals surface area contributed by atoms with E-state index in [1.165, 1.54) is 4.90 Å². The maximum Gasteiger partial charge on any atom is 0.305 e. The minimum atomic E-state index is -1.63. The Labute approximate surface area is 321 Å². The molecule has 3 N–H and O–H groups in total. The van der Waals surface area contributed by atoms with E-state index in [0.29, 0.717) is 18.5 Å². The number of anilines is 2. The van der Waals surface area contributed by atoms with Gasteiger partial charge < -0.3 is 25.1 Å². The second-order valence-corrected chi connectivity index (χ2v) is 13.6. The molecule has 14 heteroatoms. The number of amides is 4. The Kier molecular flexibility index (Phi) is 12.0. The first-order chi connectivity index (χ1) is 26.5. The van der Waals surface area contributed by atoms with Crippen molar-refractivity contribution in [2.45, 2.75) is 51.1 Å². The Morgan fingerprint density at radius 3 is 2.15 bits per heavy atom. The van der Waals surface area contributed by atoms with Crippen LogP contribution in [0.2, 0.25) is 5.02 Å². The van der Waals surface area contributed by atoms with Gasteiger partial charge >= 0.3 is 5.97 Å². The second kappa shape index (κ2) is 17.2. The molecule has 5 aromatic rings. The highest BCUT2D eigenvalue weighted by atomic mass is 35.5. The molecule has 6 rings (SSSR count). The van der Waals surface area contributed by atoms with Crippen LogP contribution in [0.3, 0.4) is 0 Å². The molecular formula is C41H38ClN5O8. The van der Waals surface area contributed by atoms with Crippen LogP contribution in [0.1, 0.15) is 46.6 Å². The lowest BCUT2D eigenvalue weighted by Gasteiger charge is -2.26. The highest BCUT2D eigenvalue weighted by Crippen LogP contribution is 2.34. The summed E-state index contributed by atoms with van der Waals surface area (Å²) in [7, 11) is 0. The van der Waals surface area contributed by atoms with E-state index in [0.717, 1.165) is 21.6 Å². The quantitative estimate of drug-likeness (QED) is 0.130. The van der Waals surface area contributed by atoms with E-state index in [2.05, 4.69) is 15.6 Å². The molecule has 0 aliphatic carbocycles. The molecule has 1 aliphatic heterocycles. The predicted octanol–water partition coefficient (Wildman–Crippen LogP) is 5.06. The number of Topliss-reactive ketones (excluding diaryl/α,β-unsaturated/α-hetero) is 1. The van der Waals surface area contributed by atoms with Crippen LogP contribution in [0, 0.1) is 6.92 Å². The number of hydrogen-bond acceptors (Lipinski definition) is 8. The predicted molar refractivity (Wildman–Crippen MR) is 205 cm³/mol. The molecule has 0 spiro atoms. The lowest BCUT2D eigenvalue weighted by Crippen LogP contribution is -2.55. The number of aryl methyl sites for hydroxylation is 3. The van der Waals surface area contributed by atoms with Gasteiger partial charge in [-0.25, -0.2) is 4.98 Å². The van der Waals surface area contributed by atoms with Crippen molar-refractivity contribution in [1.29, 1.82) is 0 Å². The van der Waals surface area contributed by atoms with Crippen molar-refractivity contribution in [3.63, 3.8) is 0 Å². The number of fused-ring (bicyclic) bond motifs is 2. The Balaban J connectivity index is 1.27. The summed E-state index contributed by atoms with van der Waals surface area (Å²) in [4.78, 5) is 87.5. The van der Waals surface area contributed by atoms with Gasteiger partial charge in [0.1, 0.15) is 24.1 Å². The maximum atomic E-state index is 14.4. The Morgan fingerprint density at radius 2 is 1.49 bits per heavy atom. The molecule has 0 radical (unpaired) electrons. The first kappa shape index (κ1) is 38.4. The fourth-order valence-electron chi connectivity index (χ4n) is 6.44. The number of carbonyl (C=O) groups excluding carboxylic acids is 5. The molecule has 0 unspecified atom stereocenters. The van der Waals surface area contributed by atoms with Gasteiger partial charge in [-0.1, -0.05) is 84.4 Å². The molecule has 2 heterocycles. The van der Waals surface area contributed by atoms with Gasteiger partial charge in [0.2, 0.25) is 23.5 Å². The average molecular weight is 764 g/mol. The molecule has 13 nitrogen and oxygen atoms in total. The van der Waals surface area contributed by atoms with Crippen molar-refractivity contribution in [1.82, 2.24) is 15.6 Å². The number of aromatic nitrogens is 1.